The van der Waals surface area contributed by atoms with Crippen molar-refractivity contribution < 1.29 is 28.7 Å². The van der Waals surface area contributed by atoms with Gasteiger partial charge in [0, 0.05) is 13.1 Å². The van der Waals surface area contributed by atoms with Crippen molar-refractivity contribution in [3.05, 3.63) is 84.4 Å². The molecule has 338 valence electrons. The lowest BCUT2D eigenvalue weighted by Crippen LogP contribution is -2.56. The molecule has 4 fully saturated rings. The minimum Gasteiger partial charge on any atom is -0.453 e. The third-order valence-corrected chi connectivity index (χ3v) is 15.2. The molecule has 10 rings (SSSR count). The van der Waals surface area contributed by atoms with Gasteiger partial charge in [-0.25, -0.2) is 19.6 Å². The highest BCUT2D eigenvalue weighted by Crippen LogP contribution is 2.59. The van der Waals surface area contributed by atoms with Gasteiger partial charge in [0.15, 0.2) is 0 Å². The number of piperidine rings is 2. The lowest BCUT2D eigenvalue weighted by molar-refractivity contribution is -0.141. The second-order valence-corrected chi connectivity index (χ2v) is 20.1. The number of nitrogens with one attached hydrogen (secondary N) is 4. The summed E-state index contributed by atoms with van der Waals surface area (Å²) in [6.07, 6.45) is 4.00. The molecule has 2 aliphatic heterocycles. The Bertz CT molecular complexity index is 2900. The maximum Gasteiger partial charge on any atom is 0.407 e. The monoisotopic (exact) mass is 878 g/mol. The van der Waals surface area contributed by atoms with Crippen molar-refractivity contribution in [2.75, 3.05) is 27.3 Å². The zero-order chi connectivity index (χ0) is 45.6. The number of carbonyl (C=O) groups excluding carboxylic acids is 4. The van der Waals surface area contributed by atoms with E-state index >= 15 is 0 Å². The number of carbonyl (C=O) groups is 4. The Labute approximate surface area is 378 Å². The SMILES string of the molecule is COC(=O)N[C@H](C(=O)N1C[C@@]2(C)CCC1(c1nc3ccc(-c4cccc5c(-c6ccc7nc([C@]89CC[C@H](CN8C(=O)[C@@H](NC(=O)OC)C(C)C)C9)[nH]c7c6)cccc45)cc3[nH]1)C2)C(C)C. The Morgan fingerprint density at radius 1 is 0.692 bits per heavy atom. The smallest absolute Gasteiger partial charge is 0.407 e. The minimum absolute atomic E-state index is 0.0443. The quantitative estimate of drug-likeness (QED) is 0.106. The molecule has 4 N–H and O–H groups in total. The molecule has 4 amide bonds. The van der Waals surface area contributed by atoms with Gasteiger partial charge < -0.3 is 39.9 Å². The van der Waals surface area contributed by atoms with Gasteiger partial charge in [0.1, 0.15) is 34.8 Å². The van der Waals surface area contributed by atoms with Gasteiger partial charge in [-0.2, -0.15) is 0 Å². The van der Waals surface area contributed by atoms with Crippen LogP contribution in [0.2, 0.25) is 0 Å². The lowest BCUT2D eigenvalue weighted by Gasteiger charge is -2.40. The predicted octanol–water partition coefficient (Wildman–Crippen LogP) is 8.75. The van der Waals surface area contributed by atoms with E-state index in [1.165, 1.54) is 14.2 Å². The van der Waals surface area contributed by atoms with E-state index < -0.39 is 35.3 Å². The first-order valence-electron chi connectivity index (χ1n) is 23.0. The van der Waals surface area contributed by atoms with Gasteiger partial charge in [-0.15, -0.1) is 0 Å². The summed E-state index contributed by atoms with van der Waals surface area (Å²) < 4.78 is 9.75. The molecule has 14 heteroatoms. The van der Waals surface area contributed by atoms with Crippen molar-refractivity contribution in [1.29, 1.82) is 0 Å². The molecule has 0 radical (unpaired) electrons. The van der Waals surface area contributed by atoms with Crippen LogP contribution in [-0.2, 0) is 30.1 Å². The van der Waals surface area contributed by atoms with Gasteiger partial charge in [0.05, 0.1) is 36.3 Å². The Morgan fingerprint density at radius 2 is 1.22 bits per heavy atom. The molecular weight excluding hydrogens is 821 g/mol. The van der Waals surface area contributed by atoms with Crippen molar-refractivity contribution in [2.24, 2.45) is 23.2 Å². The van der Waals surface area contributed by atoms with Gasteiger partial charge in [-0.1, -0.05) is 83.1 Å². The molecule has 0 spiro atoms. The highest BCUT2D eigenvalue weighted by molar-refractivity contribution is 6.06. The number of aromatic nitrogens is 4. The molecule has 4 bridgehead atoms. The van der Waals surface area contributed by atoms with Gasteiger partial charge in [0.25, 0.3) is 0 Å². The highest BCUT2D eigenvalue weighted by atomic mass is 16.5. The molecule has 2 saturated carbocycles. The lowest BCUT2D eigenvalue weighted by atomic mass is 9.90. The molecule has 6 atom stereocenters. The molecule has 1 unspecified atom stereocenters. The van der Waals surface area contributed by atoms with Gasteiger partial charge in [0.2, 0.25) is 11.8 Å². The molecule has 4 heterocycles. The Balaban J connectivity index is 0.960. The Hall–Kier alpha value is -6.44. The average molecular weight is 879 g/mol. The second kappa shape index (κ2) is 15.6. The first kappa shape index (κ1) is 42.5. The number of alkyl carbamates (subject to hydrolysis) is 2. The third-order valence-electron chi connectivity index (χ3n) is 15.2. The van der Waals surface area contributed by atoms with Crippen LogP contribution in [0, 0.1) is 23.2 Å². The largest absolute Gasteiger partial charge is 0.453 e. The van der Waals surface area contributed by atoms with Crippen LogP contribution < -0.4 is 10.6 Å². The third kappa shape index (κ3) is 6.89. The summed E-state index contributed by atoms with van der Waals surface area (Å²) in [4.78, 5) is 74.6. The number of hydrogen-bond donors (Lipinski definition) is 4. The zero-order valence-electron chi connectivity index (χ0n) is 38.2. The van der Waals surface area contributed by atoms with E-state index in [1.807, 2.05) is 37.5 Å². The van der Waals surface area contributed by atoms with Crippen LogP contribution in [0.1, 0.15) is 84.8 Å². The van der Waals surface area contributed by atoms with Crippen LogP contribution in [0.15, 0.2) is 72.8 Å². The predicted molar refractivity (Wildman–Crippen MR) is 249 cm³/mol. The van der Waals surface area contributed by atoms with Crippen LogP contribution in [0.5, 0.6) is 0 Å². The van der Waals surface area contributed by atoms with E-state index in [1.54, 1.807) is 0 Å². The summed E-state index contributed by atoms with van der Waals surface area (Å²) in [5, 5.41) is 7.80. The van der Waals surface area contributed by atoms with Crippen molar-refractivity contribution in [1.82, 2.24) is 40.4 Å². The van der Waals surface area contributed by atoms with E-state index in [0.29, 0.717) is 19.0 Å². The normalized spacial score (nSPS) is 24.4. The number of amides is 4. The standard InChI is InChI=1S/C51H58N8O6/c1-28(2)41(56-47(62)64-6)43(60)58-25-30-18-19-50(58,24-30)45-52-37-16-14-31(22-39(37)54-45)33-10-8-13-36-34(11-9-12-35(33)36)32-15-17-38-40(23-32)55-46(53-38)51-21-20-49(5,26-51)27-59(51)44(61)42(29(3)4)57-48(63)65-7/h8-17,22-23,28-30,41-42H,18-21,24-27H2,1-7H3,(H,52,54)(H,53,55)(H,56,62)(H,57,63)/t30-,41-,42-,49-,50+,51?/m0/s1. The number of H-pyrrole nitrogens is 2. The first-order valence-corrected chi connectivity index (χ1v) is 23.0. The molecule has 4 aromatic carbocycles. The number of methoxy groups -OCH3 is 2. The molecule has 14 nitrogen and oxygen atoms in total. The summed E-state index contributed by atoms with van der Waals surface area (Å²) in [5.74, 6) is 1.49. The maximum atomic E-state index is 14.3. The van der Waals surface area contributed by atoms with Crippen molar-refractivity contribution in [2.45, 2.75) is 96.3 Å². The average Bonchev–Trinajstić information content (AvgIpc) is 4.17. The summed E-state index contributed by atoms with van der Waals surface area (Å²) in [6, 6.07) is 24.1. The molecule has 2 aromatic heterocycles. The Morgan fingerprint density at radius 3 is 1.71 bits per heavy atom. The molecule has 65 heavy (non-hydrogen) atoms. The number of hydrogen-bond acceptors (Lipinski definition) is 8. The number of imidazole rings is 2. The summed E-state index contributed by atoms with van der Waals surface area (Å²) in [5.41, 5.74) is 6.54. The fraction of sp³-hybridized carbons (Fsp3) is 0.451. The summed E-state index contributed by atoms with van der Waals surface area (Å²) >= 11 is 0. The van der Waals surface area contributed by atoms with Crippen LogP contribution >= 0.6 is 0 Å². The van der Waals surface area contributed by atoms with Crippen LogP contribution in [0.25, 0.3) is 55.1 Å². The van der Waals surface area contributed by atoms with E-state index in [2.05, 4.69) is 100 Å². The summed E-state index contributed by atoms with van der Waals surface area (Å²) in [7, 11) is 2.62. The van der Waals surface area contributed by atoms with Crippen molar-refractivity contribution >= 4 is 56.8 Å². The molecule has 4 aliphatic rings. The van der Waals surface area contributed by atoms with Gasteiger partial charge >= 0.3 is 12.2 Å². The van der Waals surface area contributed by atoms with Crippen LogP contribution in [0.3, 0.4) is 0 Å². The second-order valence-electron chi connectivity index (χ2n) is 20.1. The number of likely N-dealkylation sites (tertiary alicyclic amines) is 2. The Kier molecular flexibility index (Phi) is 10.2. The number of ether oxygens (including phenoxy) is 2. The van der Waals surface area contributed by atoms with Gasteiger partial charge in [-0.05, 0) is 119 Å². The molecule has 2 saturated heterocycles. The van der Waals surface area contributed by atoms with Crippen molar-refractivity contribution in [3.8, 4) is 22.3 Å². The number of fused-ring (bicyclic) bond motifs is 7. The number of nitrogens with zero attached hydrogens (tertiary/aromatic N) is 4. The number of aromatic amines is 2. The number of rotatable bonds is 10. The van der Waals surface area contributed by atoms with E-state index in [0.717, 1.165) is 105 Å². The van der Waals surface area contributed by atoms with Gasteiger partial charge in [-0.3, -0.25) is 9.59 Å². The highest BCUT2D eigenvalue weighted by Gasteiger charge is 2.61. The topological polar surface area (TPSA) is 175 Å². The molecule has 2 aliphatic carbocycles. The van der Waals surface area contributed by atoms with Crippen molar-refractivity contribution in [3.63, 3.8) is 0 Å². The van der Waals surface area contributed by atoms with E-state index in [9.17, 15) is 19.2 Å². The fourth-order valence-corrected chi connectivity index (χ4v) is 11.9. The van der Waals surface area contributed by atoms with Crippen LogP contribution in [-0.4, -0.2) is 93.1 Å². The maximum absolute atomic E-state index is 14.3. The van der Waals surface area contributed by atoms with Crippen LogP contribution in [0.4, 0.5) is 9.59 Å². The first-order chi connectivity index (χ1) is 31.2. The molecule has 6 aromatic rings. The minimum atomic E-state index is -0.717. The zero-order valence-corrected chi connectivity index (χ0v) is 38.2. The number of benzene rings is 4. The van der Waals surface area contributed by atoms with E-state index in [4.69, 9.17) is 19.4 Å². The molecular formula is C51H58N8O6. The van der Waals surface area contributed by atoms with E-state index in [-0.39, 0.29) is 29.1 Å². The fourth-order valence-electron chi connectivity index (χ4n) is 11.9. The summed E-state index contributed by atoms with van der Waals surface area (Å²) in [6.45, 7) is 11.2.